The smallest absolute Gasteiger partial charge is 0.344 e. The standard InChI is InChI=1S/C12H15N3O4/c1-13-5-7-14(8-6-13)9-3-2-4-10(15(18)19)11(9)12(16)17/h2-4H,5-8H2,1H3,(H,16,17). The summed E-state index contributed by atoms with van der Waals surface area (Å²) in [5, 5.41) is 20.2. The highest BCUT2D eigenvalue weighted by Crippen LogP contribution is 2.29. The summed E-state index contributed by atoms with van der Waals surface area (Å²) < 4.78 is 0. The number of benzene rings is 1. The first-order valence-corrected chi connectivity index (χ1v) is 5.95. The molecule has 0 bridgehead atoms. The Bertz CT molecular complexity index is 510. The lowest BCUT2D eigenvalue weighted by atomic mass is 10.1. The fourth-order valence-electron chi connectivity index (χ4n) is 2.21. The fourth-order valence-corrected chi connectivity index (χ4v) is 2.21. The molecule has 1 fully saturated rings. The summed E-state index contributed by atoms with van der Waals surface area (Å²) in [4.78, 5) is 25.6. The van der Waals surface area contributed by atoms with Gasteiger partial charge in [-0.1, -0.05) is 6.07 Å². The number of likely N-dealkylation sites (N-methyl/N-ethyl adjacent to an activating group) is 1. The predicted octanol–water partition coefficient (Wildman–Crippen LogP) is 1.04. The van der Waals surface area contributed by atoms with Gasteiger partial charge < -0.3 is 14.9 Å². The minimum atomic E-state index is -1.26. The topological polar surface area (TPSA) is 86.9 Å². The van der Waals surface area contributed by atoms with Crippen LogP contribution >= 0.6 is 0 Å². The van der Waals surface area contributed by atoms with Crippen LogP contribution < -0.4 is 4.90 Å². The quantitative estimate of drug-likeness (QED) is 0.649. The SMILES string of the molecule is CN1CCN(c2cccc([N+](=O)[O-])c2C(=O)O)CC1. The molecule has 0 spiro atoms. The van der Waals surface area contributed by atoms with E-state index in [1.54, 1.807) is 6.07 Å². The minimum absolute atomic E-state index is 0.225. The van der Waals surface area contributed by atoms with Gasteiger partial charge in [-0.25, -0.2) is 4.79 Å². The van der Waals surface area contributed by atoms with Gasteiger partial charge in [0.2, 0.25) is 0 Å². The maximum atomic E-state index is 11.3. The Kier molecular flexibility index (Phi) is 3.66. The lowest BCUT2D eigenvalue weighted by Gasteiger charge is -2.34. The molecule has 7 heteroatoms. The number of carboxylic acid groups (broad SMARTS) is 1. The van der Waals surface area contributed by atoms with Crippen molar-refractivity contribution in [3.8, 4) is 0 Å². The molecular formula is C12H15N3O4. The number of carbonyl (C=O) groups is 1. The molecule has 1 aliphatic rings. The molecule has 0 radical (unpaired) electrons. The molecule has 0 saturated carbocycles. The molecule has 19 heavy (non-hydrogen) atoms. The monoisotopic (exact) mass is 265 g/mol. The van der Waals surface area contributed by atoms with E-state index in [2.05, 4.69) is 4.90 Å². The van der Waals surface area contributed by atoms with Crippen LogP contribution in [0.5, 0.6) is 0 Å². The second-order valence-electron chi connectivity index (χ2n) is 4.52. The molecule has 0 aromatic heterocycles. The summed E-state index contributed by atoms with van der Waals surface area (Å²) in [6.45, 7) is 2.94. The minimum Gasteiger partial charge on any atom is -0.477 e. The third-order valence-electron chi connectivity index (χ3n) is 3.27. The Morgan fingerprint density at radius 2 is 1.95 bits per heavy atom. The zero-order chi connectivity index (χ0) is 14.0. The lowest BCUT2D eigenvalue weighted by Crippen LogP contribution is -2.45. The predicted molar refractivity (Wildman–Crippen MR) is 69.8 cm³/mol. The molecule has 0 unspecified atom stereocenters. The van der Waals surface area contributed by atoms with E-state index in [0.29, 0.717) is 18.8 Å². The molecule has 0 amide bonds. The van der Waals surface area contributed by atoms with Gasteiger partial charge in [0.15, 0.2) is 5.56 Å². The Balaban J connectivity index is 2.42. The largest absolute Gasteiger partial charge is 0.477 e. The molecule has 0 aliphatic carbocycles. The van der Waals surface area contributed by atoms with Gasteiger partial charge in [-0.15, -0.1) is 0 Å². The van der Waals surface area contributed by atoms with Crippen molar-refractivity contribution >= 4 is 17.3 Å². The van der Waals surface area contributed by atoms with Crippen LogP contribution in [0, 0.1) is 10.1 Å². The van der Waals surface area contributed by atoms with Crippen molar-refractivity contribution in [2.75, 3.05) is 38.1 Å². The fraction of sp³-hybridized carbons (Fsp3) is 0.417. The van der Waals surface area contributed by atoms with Crippen LogP contribution in [0.3, 0.4) is 0 Å². The van der Waals surface area contributed by atoms with Crippen molar-refractivity contribution in [2.45, 2.75) is 0 Å². The first-order valence-electron chi connectivity index (χ1n) is 5.95. The number of carboxylic acids is 1. The summed E-state index contributed by atoms with van der Waals surface area (Å²) in [5.74, 6) is -1.26. The van der Waals surface area contributed by atoms with Gasteiger partial charge in [0.1, 0.15) is 0 Å². The third-order valence-corrected chi connectivity index (χ3v) is 3.27. The average Bonchev–Trinajstić information content (AvgIpc) is 2.38. The van der Waals surface area contributed by atoms with Gasteiger partial charge in [0, 0.05) is 32.2 Å². The van der Waals surface area contributed by atoms with E-state index in [0.717, 1.165) is 13.1 Å². The number of aromatic carboxylic acids is 1. The molecule has 1 N–H and O–H groups in total. The normalized spacial score (nSPS) is 16.4. The summed E-state index contributed by atoms with van der Waals surface area (Å²) in [6, 6.07) is 4.38. The van der Waals surface area contributed by atoms with E-state index in [1.165, 1.54) is 12.1 Å². The second kappa shape index (κ2) is 5.23. The molecule has 1 aliphatic heterocycles. The van der Waals surface area contributed by atoms with Crippen LogP contribution in [0.2, 0.25) is 0 Å². The van der Waals surface area contributed by atoms with E-state index in [-0.39, 0.29) is 11.3 Å². The Morgan fingerprint density at radius 1 is 1.32 bits per heavy atom. The lowest BCUT2D eigenvalue weighted by molar-refractivity contribution is -0.385. The van der Waals surface area contributed by atoms with Crippen LogP contribution in [0.15, 0.2) is 18.2 Å². The molecule has 7 nitrogen and oxygen atoms in total. The molecule has 2 rings (SSSR count). The van der Waals surface area contributed by atoms with Gasteiger partial charge in [0.05, 0.1) is 10.6 Å². The maximum absolute atomic E-state index is 11.3. The Morgan fingerprint density at radius 3 is 2.47 bits per heavy atom. The molecule has 0 atom stereocenters. The number of hydrogen-bond donors (Lipinski definition) is 1. The van der Waals surface area contributed by atoms with Gasteiger partial charge >= 0.3 is 5.97 Å². The van der Waals surface area contributed by atoms with Crippen molar-refractivity contribution in [3.63, 3.8) is 0 Å². The average molecular weight is 265 g/mol. The van der Waals surface area contributed by atoms with Gasteiger partial charge in [-0.3, -0.25) is 10.1 Å². The molecule has 102 valence electrons. The highest BCUT2D eigenvalue weighted by molar-refractivity contribution is 5.99. The highest BCUT2D eigenvalue weighted by Gasteiger charge is 2.27. The number of hydrogen-bond acceptors (Lipinski definition) is 5. The van der Waals surface area contributed by atoms with Crippen LogP contribution in [0.25, 0.3) is 0 Å². The molecule has 1 aromatic carbocycles. The molecule has 1 aromatic rings. The van der Waals surface area contributed by atoms with Gasteiger partial charge in [0.25, 0.3) is 5.69 Å². The summed E-state index contributed by atoms with van der Waals surface area (Å²) >= 11 is 0. The van der Waals surface area contributed by atoms with E-state index in [9.17, 15) is 20.0 Å². The highest BCUT2D eigenvalue weighted by atomic mass is 16.6. The molecule has 1 saturated heterocycles. The first kappa shape index (κ1) is 13.3. The van der Waals surface area contributed by atoms with Gasteiger partial charge in [-0.2, -0.15) is 0 Å². The van der Waals surface area contributed by atoms with E-state index in [1.807, 2.05) is 11.9 Å². The number of nitro groups is 1. The van der Waals surface area contributed by atoms with Crippen molar-refractivity contribution in [2.24, 2.45) is 0 Å². The van der Waals surface area contributed by atoms with E-state index < -0.39 is 10.9 Å². The number of nitro benzene ring substituents is 1. The Labute approximate surface area is 110 Å². The van der Waals surface area contributed by atoms with Crippen LogP contribution in [-0.2, 0) is 0 Å². The second-order valence-corrected chi connectivity index (χ2v) is 4.52. The van der Waals surface area contributed by atoms with Gasteiger partial charge in [-0.05, 0) is 13.1 Å². The van der Waals surface area contributed by atoms with Crippen LogP contribution in [0.1, 0.15) is 10.4 Å². The Hall–Kier alpha value is -2.15. The van der Waals surface area contributed by atoms with Crippen molar-refractivity contribution < 1.29 is 14.8 Å². The zero-order valence-corrected chi connectivity index (χ0v) is 10.6. The van der Waals surface area contributed by atoms with Crippen molar-refractivity contribution in [3.05, 3.63) is 33.9 Å². The summed E-state index contributed by atoms with van der Waals surface area (Å²) in [5.41, 5.74) is -0.157. The molecular weight excluding hydrogens is 250 g/mol. The summed E-state index contributed by atoms with van der Waals surface area (Å²) in [7, 11) is 1.99. The van der Waals surface area contributed by atoms with Crippen LogP contribution in [0.4, 0.5) is 11.4 Å². The number of piperazine rings is 1. The van der Waals surface area contributed by atoms with Crippen molar-refractivity contribution in [1.82, 2.24) is 4.90 Å². The maximum Gasteiger partial charge on any atom is 0.344 e. The van der Waals surface area contributed by atoms with E-state index in [4.69, 9.17) is 0 Å². The van der Waals surface area contributed by atoms with Crippen molar-refractivity contribution in [1.29, 1.82) is 0 Å². The number of rotatable bonds is 3. The van der Waals surface area contributed by atoms with E-state index >= 15 is 0 Å². The zero-order valence-electron chi connectivity index (χ0n) is 10.6. The first-order chi connectivity index (χ1) is 9.00. The number of anilines is 1. The number of nitrogens with zero attached hydrogens (tertiary/aromatic N) is 3. The third kappa shape index (κ3) is 2.65. The summed E-state index contributed by atoms with van der Waals surface area (Å²) in [6.07, 6.45) is 0. The van der Waals surface area contributed by atoms with Crippen LogP contribution in [-0.4, -0.2) is 54.1 Å². The molecule has 1 heterocycles.